The van der Waals surface area contributed by atoms with Crippen LogP contribution in [-0.4, -0.2) is 56.7 Å². The van der Waals surface area contributed by atoms with Gasteiger partial charge in [0, 0.05) is 23.5 Å². The Kier molecular flexibility index (Phi) is 6.89. The number of carbonyl (C=O) groups is 2. The number of fused-ring (bicyclic) bond motifs is 1. The van der Waals surface area contributed by atoms with Gasteiger partial charge in [-0.15, -0.1) is 0 Å². The summed E-state index contributed by atoms with van der Waals surface area (Å²) in [4.78, 5) is 42.4. The highest BCUT2D eigenvalue weighted by Gasteiger charge is 2.31. The summed E-state index contributed by atoms with van der Waals surface area (Å²) in [5.41, 5.74) is 5.22. The first-order chi connectivity index (χ1) is 13.8. The summed E-state index contributed by atoms with van der Waals surface area (Å²) >= 11 is 9.36. The third kappa shape index (κ3) is 5.13. The minimum absolute atomic E-state index is 0.0349. The number of likely N-dealkylation sites (tertiary alicyclic amines) is 1. The van der Waals surface area contributed by atoms with Crippen molar-refractivity contribution in [1.29, 1.82) is 0 Å². The van der Waals surface area contributed by atoms with Crippen LogP contribution >= 0.6 is 27.5 Å². The van der Waals surface area contributed by atoms with Crippen LogP contribution in [0.1, 0.15) is 19.3 Å². The first kappa shape index (κ1) is 21.7. The van der Waals surface area contributed by atoms with Gasteiger partial charge in [-0.2, -0.15) is 0 Å². The number of nitrogens with two attached hydrogens (primary N) is 1. The molecule has 1 aromatic carbocycles. The van der Waals surface area contributed by atoms with E-state index in [2.05, 4.69) is 26.2 Å². The first-order valence-corrected chi connectivity index (χ1v) is 10.2. The molecule has 4 N–H and O–H groups in total. The second kappa shape index (κ2) is 9.21. The number of aromatic nitrogens is 2. The zero-order chi connectivity index (χ0) is 21.1. The molecule has 2 heterocycles. The average molecular weight is 487 g/mol. The number of piperidine rings is 1. The number of aliphatic hydroxyl groups is 1. The number of amides is 2. The first-order valence-electron chi connectivity index (χ1n) is 9.07. The molecule has 2 amide bonds. The van der Waals surface area contributed by atoms with Crippen molar-refractivity contribution in [1.82, 2.24) is 19.8 Å². The highest BCUT2D eigenvalue weighted by molar-refractivity contribution is 9.10. The standard InChI is InChI=1S/C18H21BrClN5O4/c19-12-6-14-11(5-13(12)20)17(28)25(8-22-14)7-10(26)4-15-16(27)2-1-3-24(15)9-23-18(21)29/h5-6,8,15-16,27H,1-4,7,9H2,(H3,21,23,29). The van der Waals surface area contributed by atoms with Gasteiger partial charge >= 0.3 is 6.03 Å². The summed E-state index contributed by atoms with van der Waals surface area (Å²) < 4.78 is 1.86. The number of rotatable bonds is 6. The van der Waals surface area contributed by atoms with Gasteiger partial charge in [-0.05, 0) is 40.9 Å². The largest absolute Gasteiger partial charge is 0.391 e. The number of ketones is 1. The number of Topliss-reactive ketones (excluding diaryl/α,β-unsaturated/α-hetero) is 1. The van der Waals surface area contributed by atoms with E-state index in [4.69, 9.17) is 17.3 Å². The number of nitrogens with zero attached hydrogens (tertiary/aromatic N) is 3. The molecule has 0 aliphatic carbocycles. The fourth-order valence-corrected chi connectivity index (χ4v) is 3.99. The monoisotopic (exact) mass is 485 g/mol. The molecular weight excluding hydrogens is 466 g/mol. The topological polar surface area (TPSA) is 131 Å². The molecule has 9 nitrogen and oxygen atoms in total. The zero-order valence-electron chi connectivity index (χ0n) is 15.5. The summed E-state index contributed by atoms with van der Waals surface area (Å²) in [5.74, 6) is -0.230. The lowest BCUT2D eigenvalue weighted by atomic mass is 9.95. The molecule has 1 saturated heterocycles. The van der Waals surface area contributed by atoms with Crippen molar-refractivity contribution in [2.75, 3.05) is 13.2 Å². The smallest absolute Gasteiger partial charge is 0.313 e. The van der Waals surface area contributed by atoms with Crippen LogP contribution in [0.15, 0.2) is 27.7 Å². The Hall–Kier alpha value is -2.01. The van der Waals surface area contributed by atoms with E-state index in [9.17, 15) is 19.5 Å². The predicted octanol–water partition coefficient (Wildman–Crippen LogP) is 1.22. The molecule has 29 heavy (non-hydrogen) atoms. The van der Waals surface area contributed by atoms with Crippen LogP contribution in [0, 0.1) is 0 Å². The fraction of sp³-hybridized carbons (Fsp3) is 0.444. The minimum Gasteiger partial charge on any atom is -0.391 e. The second-order valence-electron chi connectivity index (χ2n) is 6.99. The van der Waals surface area contributed by atoms with Gasteiger partial charge in [0.1, 0.15) is 0 Å². The summed E-state index contributed by atoms with van der Waals surface area (Å²) in [7, 11) is 0. The van der Waals surface area contributed by atoms with E-state index in [1.54, 1.807) is 6.07 Å². The summed E-state index contributed by atoms with van der Waals surface area (Å²) in [6.45, 7) is 0.602. The molecule has 2 aromatic rings. The Morgan fingerprint density at radius 1 is 1.41 bits per heavy atom. The van der Waals surface area contributed by atoms with Crippen molar-refractivity contribution in [3.05, 3.63) is 38.3 Å². The summed E-state index contributed by atoms with van der Waals surface area (Å²) in [6, 6.07) is 2.03. The fourth-order valence-electron chi connectivity index (χ4n) is 3.50. The van der Waals surface area contributed by atoms with E-state index in [0.717, 1.165) is 6.42 Å². The molecule has 0 saturated carbocycles. The van der Waals surface area contributed by atoms with Crippen molar-refractivity contribution in [3.8, 4) is 0 Å². The Morgan fingerprint density at radius 3 is 2.90 bits per heavy atom. The lowest BCUT2D eigenvalue weighted by molar-refractivity contribution is -0.123. The maximum Gasteiger partial charge on any atom is 0.313 e. The van der Waals surface area contributed by atoms with Gasteiger partial charge in [0.25, 0.3) is 5.56 Å². The van der Waals surface area contributed by atoms with Gasteiger partial charge in [0.05, 0.1) is 41.6 Å². The van der Waals surface area contributed by atoms with Gasteiger partial charge < -0.3 is 16.2 Å². The third-order valence-electron chi connectivity index (χ3n) is 4.96. The van der Waals surface area contributed by atoms with E-state index in [0.29, 0.717) is 33.4 Å². The molecule has 156 valence electrons. The number of nitrogens with one attached hydrogen (secondary N) is 1. The van der Waals surface area contributed by atoms with E-state index < -0.39 is 18.2 Å². The molecule has 1 aromatic heterocycles. The molecule has 0 radical (unpaired) electrons. The molecule has 1 fully saturated rings. The number of primary amides is 1. The molecule has 1 aliphatic rings. The van der Waals surface area contributed by atoms with Crippen molar-refractivity contribution < 1.29 is 14.7 Å². The SMILES string of the molecule is NC(=O)NCN1CCCC(O)C1CC(=O)Cn1cnc2cc(Br)c(Cl)cc2c1=O. The molecule has 2 unspecified atom stereocenters. The Bertz CT molecular complexity index is 998. The number of aliphatic hydroxyl groups excluding tert-OH is 1. The Morgan fingerprint density at radius 2 is 2.17 bits per heavy atom. The van der Waals surface area contributed by atoms with Gasteiger partial charge in [-0.25, -0.2) is 9.78 Å². The van der Waals surface area contributed by atoms with Crippen molar-refractivity contribution in [3.63, 3.8) is 0 Å². The van der Waals surface area contributed by atoms with Crippen LogP contribution in [0.4, 0.5) is 4.79 Å². The van der Waals surface area contributed by atoms with Crippen LogP contribution < -0.4 is 16.6 Å². The number of benzene rings is 1. The Labute approximate surface area is 180 Å². The van der Waals surface area contributed by atoms with Crippen LogP contribution in [0.5, 0.6) is 0 Å². The van der Waals surface area contributed by atoms with Crippen molar-refractivity contribution in [2.24, 2.45) is 5.73 Å². The lowest BCUT2D eigenvalue weighted by Crippen LogP contribution is -2.53. The van der Waals surface area contributed by atoms with E-state index in [1.165, 1.54) is 17.0 Å². The van der Waals surface area contributed by atoms with Gasteiger partial charge in [-0.1, -0.05) is 11.6 Å². The Balaban J connectivity index is 1.75. The van der Waals surface area contributed by atoms with Gasteiger partial charge in [-0.3, -0.25) is 19.1 Å². The van der Waals surface area contributed by atoms with Gasteiger partial charge in [0.2, 0.25) is 0 Å². The average Bonchev–Trinajstić information content (AvgIpc) is 2.66. The van der Waals surface area contributed by atoms with Crippen LogP contribution in [0.3, 0.4) is 0 Å². The third-order valence-corrected chi connectivity index (χ3v) is 6.16. The number of urea groups is 1. The van der Waals surface area contributed by atoms with Crippen molar-refractivity contribution >= 4 is 50.2 Å². The minimum atomic E-state index is -0.704. The zero-order valence-corrected chi connectivity index (χ0v) is 17.8. The second-order valence-corrected chi connectivity index (χ2v) is 8.25. The van der Waals surface area contributed by atoms with E-state index in [1.807, 2.05) is 4.90 Å². The highest BCUT2D eigenvalue weighted by atomic mass is 79.9. The molecular formula is C18H21BrClN5O4. The molecule has 2 atom stereocenters. The number of carbonyl (C=O) groups excluding carboxylic acids is 2. The molecule has 0 spiro atoms. The number of halogens is 2. The molecule has 3 rings (SSSR count). The van der Waals surface area contributed by atoms with Crippen LogP contribution in [0.25, 0.3) is 10.9 Å². The van der Waals surface area contributed by atoms with Crippen LogP contribution in [0.2, 0.25) is 5.02 Å². The van der Waals surface area contributed by atoms with Crippen molar-refractivity contribution in [2.45, 2.75) is 38.0 Å². The van der Waals surface area contributed by atoms with Gasteiger partial charge in [0.15, 0.2) is 5.78 Å². The molecule has 1 aliphatic heterocycles. The van der Waals surface area contributed by atoms with E-state index >= 15 is 0 Å². The number of hydrogen-bond donors (Lipinski definition) is 3. The normalized spacial score (nSPS) is 20.0. The summed E-state index contributed by atoms with van der Waals surface area (Å²) in [5, 5.41) is 13.5. The lowest BCUT2D eigenvalue weighted by Gasteiger charge is -2.38. The van der Waals surface area contributed by atoms with Crippen LogP contribution in [-0.2, 0) is 11.3 Å². The highest BCUT2D eigenvalue weighted by Crippen LogP contribution is 2.25. The summed E-state index contributed by atoms with van der Waals surface area (Å²) in [6.07, 6.45) is 1.97. The van der Waals surface area contributed by atoms with E-state index in [-0.39, 0.29) is 31.0 Å². The molecule has 11 heteroatoms. The maximum absolute atomic E-state index is 12.7. The maximum atomic E-state index is 12.7. The quantitative estimate of drug-likeness (QED) is 0.563. The predicted molar refractivity (Wildman–Crippen MR) is 112 cm³/mol. The molecule has 0 bridgehead atoms. The number of hydrogen-bond acceptors (Lipinski definition) is 6.